The van der Waals surface area contributed by atoms with Gasteiger partial charge in [0.2, 0.25) is 0 Å². The van der Waals surface area contributed by atoms with Crippen molar-refractivity contribution in [3.63, 3.8) is 0 Å². The SMILES string of the molecule is C=C/C=C\[C@H](C)[C@@H]1OC(=O)/C=C\C=C\[C@@H](C)[C@@H](OC)C[C@H](OC)/C=C\[C@H](C)[C@H](O[Si](C)(C)C(C)(C)C)[C@@H](C)/C=C(/C)C[C@H](C)[C@@H](O[Si](C)(C)C(C)(C)C)[C@@H]1C. The molecule has 8 heteroatoms. The van der Waals surface area contributed by atoms with E-state index in [1.165, 1.54) is 11.6 Å². The summed E-state index contributed by atoms with van der Waals surface area (Å²) in [7, 11) is -0.829. The molecular weight excluding hydrogens is 717 g/mol. The molecular formula is C47H84O6Si2. The summed E-state index contributed by atoms with van der Waals surface area (Å²) in [6, 6.07) is 0. The lowest BCUT2D eigenvalue weighted by molar-refractivity contribution is -0.150. The van der Waals surface area contributed by atoms with Crippen LogP contribution < -0.4 is 0 Å². The van der Waals surface area contributed by atoms with Crippen LogP contribution in [0.4, 0.5) is 0 Å². The summed E-state index contributed by atoms with van der Waals surface area (Å²) < 4.78 is 32.9. The summed E-state index contributed by atoms with van der Waals surface area (Å²) in [6.07, 6.45) is 20.8. The molecule has 0 radical (unpaired) electrons. The molecule has 0 aromatic rings. The summed E-state index contributed by atoms with van der Waals surface area (Å²) in [6.45, 7) is 42.6. The van der Waals surface area contributed by atoms with Crippen molar-refractivity contribution in [3.05, 3.63) is 72.9 Å². The van der Waals surface area contributed by atoms with Crippen molar-refractivity contribution in [2.45, 2.75) is 170 Å². The lowest BCUT2D eigenvalue weighted by atomic mass is 9.81. The fourth-order valence-corrected chi connectivity index (χ4v) is 9.98. The smallest absolute Gasteiger partial charge is 0.331 e. The van der Waals surface area contributed by atoms with Gasteiger partial charge in [0.1, 0.15) is 6.10 Å². The quantitative estimate of drug-likeness (QED) is 0.100. The summed E-state index contributed by atoms with van der Waals surface area (Å²) in [4.78, 5) is 13.5. The van der Waals surface area contributed by atoms with Crippen LogP contribution in [-0.4, -0.2) is 67.3 Å². The van der Waals surface area contributed by atoms with E-state index in [4.69, 9.17) is 23.1 Å². The number of ether oxygens (including phenoxy) is 3. The van der Waals surface area contributed by atoms with Gasteiger partial charge in [-0.2, -0.15) is 0 Å². The molecule has 0 aromatic carbocycles. The van der Waals surface area contributed by atoms with E-state index in [0.717, 1.165) is 6.42 Å². The average Bonchev–Trinajstić information content (AvgIpc) is 3.07. The number of allylic oxidation sites excluding steroid dienone is 5. The molecule has 0 saturated heterocycles. The predicted molar refractivity (Wildman–Crippen MR) is 240 cm³/mol. The lowest BCUT2D eigenvalue weighted by Crippen LogP contribution is -2.50. The van der Waals surface area contributed by atoms with E-state index < -0.39 is 22.7 Å². The first kappa shape index (κ1) is 51.2. The summed E-state index contributed by atoms with van der Waals surface area (Å²) in [5.41, 5.74) is 1.31. The third kappa shape index (κ3) is 16.2. The van der Waals surface area contributed by atoms with Gasteiger partial charge in [0.05, 0.1) is 24.4 Å². The standard InChI is InChI=1S/C47H84O6Si2/c1-21-22-25-35(4)44-39(8)45(53-55(19,20)47(12,13)14)38(7)31-33(2)30-37(6)43(52-54(17,18)46(9,10)11)36(5)28-29-40(49-15)32-41(50-16)34(3)26-23-24-27-42(48)51-44/h21-30,34-41,43-45H,1,31-32H2,2-20H3/b25-22-,26-23+,27-24-,29-28-,33-30-/t34-,35+,36+,37+,38+,39-,40-,41+,43+,44+,45-/m1/s1. The second-order valence-electron chi connectivity index (χ2n) is 19.6. The molecule has 0 unspecified atom stereocenters. The van der Waals surface area contributed by atoms with Crippen molar-refractivity contribution in [2.24, 2.45) is 35.5 Å². The Kier molecular flexibility index (Phi) is 20.8. The molecule has 6 nitrogen and oxygen atoms in total. The molecule has 1 aliphatic heterocycles. The molecule has 316 valence electrons. The van der Waals surface area contributed by atoms with Gasteiger partial charge in [-0.25, -0.2) is 4.79 Å². The number of esters is 1. The van der Waals surface area contributed by atoms with Crippen LogP contribution in [0.2, 0.25) is 36.3 Å². The second kappa shape index (κ2) is 22.4. The zero-order valence-corrected chi connectivity index (χ0v) is 40.7. The van der Waals surface area contributed by atoms with E-state index in [9.17, 15) is 4.79 Å². The first-order chi connectivity index (χ1) is 25.2. The Hall–Kier alpha value is -1.82. The monoisotopic (exact) mass is 801 g/mol. The van der Waals surface area contributed by atoms with Gasteiger partial charge in [-0.05, 0) is 67.4 Å². The van der Waals surface area contributed by atoms with E-state index in [1.807, 2.05) is 12.2 Å². The lowest BCUT2D eigenvalue weighted by Gasteiger charge is -2.45. The largest absolute Gasteiger partial charge is 0.458 e. The highest BCUT2D eigenvalue weighted by atomic mass is 28.4. The minimum atomic E-state index is -2.22. The van der Waals surface area contributed by atoms with Crippen molar-refractivity contribution in [1.29, 1.82) is 0 Å². The fraction of sp³-hybridized carbons (Fsp3) is 0.723. The Balaban J connectivity index is 3.98. The highest BCUT2D eigenvalue weighted by molar-refractivity contribution is 6.74. The molecule has 0 spiro atoms. The predicted octanol–water partition coefficient (Wildman–Crippen LogP) is 12.7. The molecule has 0 bridgehead atoms. The van der Waals surface area contributed by atoms with E-state index >= 15 is 0 Å². The topological polar surface area (TPSA) is 63.2 Å². The molecule has 11 atom stereocenters. The second-order valence-corrected chi connectivity index (χ2v) is 29.1. The molecule has 0 N–H and O–H groups in total. The molecule has 1 heterocycles. The zero-order valence-electron chi connectivity index (χ0n) is 38.7. The molecule has 0 aromatic heterocycles. The average molecular weight is 801 g/mol. The summed E-state index contributed by atoms with van der Waals surface area (Å²) in [5.74, 6) is 0.0593. The molecule has 0 saturated carbocycles. The first-order valence-corrected chi connectivity index (χ1v) is 26.7. The van der Waals surface area contributed by atoms with Crippen LogP contribution in [0.25, 0.3) is 0 Å². The van der Waals surface area contributed by atoms with E-state index in [-0.39, 0.29) is 76.0 Å². The number of cyclic esters (lactones) is 1. The molecule has 1 aliphatic rings. The molecule has 0 aliphatic carbocycles. The van der Waals surface area contributed by atoms with E-state index in [1.54, 1.807) is 26.4 Å². The van der Waals surface area contributed by atoms with Crippen molar-refractivity contribution in [2.75, 3.05) is 14.2 Å². The van der Waals surface area contributed by atoms with E-state index in [0.29, 0.717) is 6.42 Å². The van der Waals surface area contributed by atoms with Crippen molar-refractivity contribution in [3.8, 4) is 0 Å². The van der Waals surface area contributed by atoms with Crippen molar-refractivity contribution < 1.29 is 27.9 Å². The van der Waals surface area contributed by atoms with Gasteiger partial charge in [-0.1, -0.05) is 150 Å². The molecule has 0 fully saturated rings. The highest BCUT2D eigenvalue weighted by Crippen LogP contribution is 2.42. The number of rotatable bonds is 9. The van der Waals surface area contributed by atoms with Crippen LogP contribution in [-0.2, 0) is 27.9 Å². The van der Waals surface area contributed by atoms with Gasteiger partial charge in [0, 0.05) is 44.5 Å². The molecule has 1 rings (SSSR count). The van der Waals surface area contributed by atoms with Crippen LogP contribution in [0, 0.1) is 35.5 Å². The maximum absolute atomic E-state index is 13.5. The Morgan fingerprint density at radius 2 is 1.38 bits per heavy atom. The number of carbonyl (C=O) groups excluding carboxylic acids is 1. The Bertz CT molecular complexity index is 1330. The number of carbonyl (C=O) groups is 1. The minimum absolute atomic E-state index is 0.0101. The summed E-state index contributed by atoms with van der Waals surface area (Å²) in [5, 5.41) is 0.0906. The van der Waals surface area contributed by atoms with Crippen molar-refractivity contribution in [1.82, 2.24) is 0 Å². The van der Waals surface area contributed by atoms with Crippen molar-refractivity contribution >= 4 is 22.6 Å². The molecule has 0 amide bonds. The molecule has 55 heavy (non-hydrogen) atoms. The Labute approximate surface area is 341 Å². The van der Waals surface area contributed by atoms with Gasteiger partial charge in [0.25, 0.3) is 0 Å². The fourth-order valence-electron chi connectivity index (χ4n) is 7.04. The van der Waals surface area contributed by atoms with Crippen LogP contribution in [0.1, 0.15) is 103 Å². The number of hydrogen-bond acceptors (Lipinski definition) is 6. The third-order valence-electron chi connectivity index (χ3n) is 12.7. The summed E-state index contributed by atoms with van der Waals surface area (Å²) >= 11 is 0. The number of methoxy groups -OCH3 is 2. The van der Waals surface area contributed by atoms with Gasteiger partial charge in [0.15, 0.2) is 16.6 Å². The van der Waals surface area contributed by atoms with E-state index in [2.05, 4.69) is 153 Å². The normalized spacial score (nSPS) is 34.0. The van der Waals surface area contributed by atoms with Crippen LogP contribution in [0.3, 0.4) is 0 Å². The number of hydrogen-bond donors (Lipinski definition) is 0. The zero-order chi connectivity index (χ0) is 42.5. The van der Waals surface area contributed by atoms with Gasteiger partial charge >= 0.3 is 5.97 Å². The van der Waals surface area contributed by atoms with Crippen LogP contribution in [0.15, 0.2) is 72.9 Å². The minimum Gasteiger partial charge on any atom is -0.458 e. The first-order valence-electron chi connectivity index (χ1n) is 20.8. The third-order valence-corrected chi connectivity index (χ3v) is 21.6. The van der Waals surface area contributed by atoms with Crippen LogP contribution in [0.5, 0.6) is 0 Å². The maximum atomic E-state index is 13.5. The van der Waals surface area contributed by atoms with Gasteiger partial charge < -0.3 is 23.1 Å². The highest BCUT2D eigenvalue weighted by Gasteiger charge is 2.44. The Morgan fingerprint density at radius 1 is 0.818 bits per heavy atom. The van der Waals surface area contributed by atoms with Crippen LogP contribution >= 0.6 is 0 Å². The maximum Gasteiger partial charge on any atom is 0.331 e. The van der Waals surface area contributed by atoms with Gasteiger partial charge in [-0.15, -0.1) is 0 Å². The van der Waals surface area contributed by atoms with Gasteiger partial charge in [-0.3, -0.25) is 0 Å². The Morgan fingerprint density at radius 3 is 1.89 bits per heavy atom.